The molecular weight excluding hydrogens is 444 g/mol. The van der Waals surface area contributed by atoms with Crippen LogP contribution in [0.3, 0.4) is 0 Å². The molecule has 1 aliphatic heterocycles. The lowest BCUT2D eigenvalue weighted by atomic mass is 10.1. The molecule has 0 aliphatic carbocycles. The number of aromatic amines is 1. The topological polar surface area (TPSA) is 116 Å². The van der Waals surface area contributed by atoms with Crippen molar-refractivity contribution in [2.45, 2.75) is 18.7 Å². The minimum absolute atomic E-state index is 0.0471. The smallest absolute Gasteiger partial charge is 0.259 e. The van der Waals surface area contributed by atoms with E-state index in [2.05, 4.69) is 9.97 Å². The molecule has 0 bridgehead atoms. The van der Waals surface area contributed by atoms with Gasteiger partial charge in [-0.2, -0.15) is 4.31 Å². The largest absolute Gasteiger partial charge is 0.493 e. The van der Waals surface area contributed by atoms with Crippen molar-refractivity contribution in [3.05, 3.63) is 52.3 Å². The second-order valence-electron chi connectivity index (χ2n) is 7.94. The number of hydrogen-bond donors (Lipinski definition) is 2. The fourth-order valence-corrected chi connectivity index (χ4v) is 5.56. The second kappa shape index (κ2) is 9.60. The van der Waals surface area contributed by atoms with Crippen LogP contribution in [-0.2, 0) is 10.0 Å². The maximum Gasteiger partial charge on any atom is 0.259 e. The zero-order chi connectivity index (χ0) is 23.6. The van der Waals surface area contributed by atoms with Crippen molar-refractivity contribution in [3.8, 4) is 17.1 Å². The van der Waals surface area contributed by atoms with Gasteiger partial charge in [0.1, 0.15) is 11.6 Å². The third-order valence-electron chi connectivity index (χ3n) is 5.83. The third kappa shape index (κ3) is 4.65. The van der Waals surface area contributed by atoms with E-state index in [1.54, 1.807) is 12.1 Å². The van der Waals surface area contributed by atoms with Gasteiger partial charge >= 0.3 is 0 Å². The van der Waals surface area contributed by atoms with E-state index in [0.717, 1.165) is 5.56 Å². The van der Waals surface area contributed by atoms with E-state index in [9.17, 15) is 13.2 Å². The zero-order valence-corrected chi connectivity index (χ0v) is 19.6. The van der Waals surface area contributed by atoms with Crippen LogP contribution >= 0.6 is 0 Å². The minimum Gasteiger partial charge on any atom is -0.493 e. The number of nitrogens with zero attached hydrogens (tertiary/aromatic N) is 3. The van der Waals surface area contributed by atoms with Crippen LogP contribution in [-0.4, -0.2) is 78.6 Å². The lowest BCUT2D eigenvalue weighted by Crippen LogP contribution is -2.49. The number of rotatable bonds is 7. The Morgan fingerprint density at radius 1 is 1.15 bits per heavy atom. The minimum atomic E-state index is -3.75. The van der Waals surface area contributed by atoms with Crippen molar-refractivity contribution in [2.24, 2.45) is 0 Å². The molecule has 0 saturated carbocycles. The van der Waals surface area contributed by atoms with Gasteiger partial charge in [-0.1, -0.05) is 12.1 Å². The number of aromatic nitrogens is 2. The summed E-state index contributed by atoms with van der Waals surface area (Å²) in [6.45, 7) is 6.43. The SMILES string of the molecule is CCOc1ccc(S(=O)(=O)N2CCN(CCO)CC2)cc1-c1nc2cccc(C)c2c(=O)[nH]1. The van der Waals surface area contributed by atoms with Gasteiger partial charge in [-0.05, 0) is 43.7 Å². The number of piperazine rings is 1. The molecule has 10 heteroatoms. The van der Waals surface area contributed by atoms with Crippen LogP contribution in [0.4, 0.5) is 0 Å². The van der Waals surface area contributed by atoms with E-state index in [4.69, 9.17) is 9.84 Å². The molecule has 1 saturated heterocycles. The maximum absolute atomic E-state index is 13.4. The van der Waals surface area contributed by atoms with Crippen molar-refractivity contribution < 1.29 is 18.3 Å². The van der Waals surface area contributed by atoms with Gasteiger partial charge in [0, 0.05) is 32.7 Å². The molecule has 33 heavy (non-hydrogen) atoms. The highest BCUT2D eigenvalue weighted by molar-refractivity contribution is 7.89. The zero-order valence-electron chi connectivity index (χ0n) is 18.7. The van der Waals surface area contributed by atoms with E-state index in [1.807, 2.05) is 30.9 Å². The van der Waals surface area contributed by atoms with Gasteiger partial charge in [0.2, 0.25) is 10.0 Å². The van der Waals surface area contributed by atoms with Crippen molar-refractivity contribution in [1.82, 2.24) is 19.2 Å². The average molecular weight is 473 g/mol. The number of H-pyrrole nitrogens is 1. The van der Waals surface area contributed by atoms with E-state index in [0.29, 0.717) is 61.5 Å². The number of aliphatic hydroxyl groups excluding tert-OH is 1. The first kappa shape index (κ1) is 23.4. The highest BCUT2D eigenvalue weighted by Crippen LogP contribution is 2.32. The van der Waals surface area contributed by atoms with Crippen LogP contribution in [0.2, 0.25) is 0 Å². The molecule has 2 N–H and O–H groups in total. The summed E-state index contributed by atoms with van der Waals surface area (Å²) in [5.74, 6) is 0.700. The Hall–Kier alpha value is -2.79. The second-order valence-corrected chi connectivity index (χ2v) is 9.88. The number of hydrogen-bond acceptors (Lipinski definition) is 7. The Morgan fingerprint density at radius 3 is 2.61 bits per heavy atom. The summed E-state index contributed by atoms with van der Waals surface area (Å²) in [6.07, 6.45) is 0. The lowest BCUT2D eigenvalue weighted by Gasteiger charge is -2.33. The molecule has 0 spiro atoms. The van der Waals surface area contributed by atoms with Crippen molar-refractivity contribution >= 4 is 20.9 Å². The standard InChI is InChI=1S/C23H28N4O5S/c1-3-32-20-8-7-17(33(30,31)27-11-9-26(10-12-27)13-14-28)15-18(20)22-24-19-6-4-5-16(2)21(19)23(29)25-22/h4-8,15,28H,3,9-14H2,1-2H3,(H,24,25,29). The van der Waals surface area contributed by atoms with E-state index in [1.165, 1.54) is 16.4 Å². The maximum atomic E-state index is 13.4. The summed E-state index contributed by atoms with van der Waals surface area (Å²) in [5.41, 5.74) is 1.47. The van der Waals surface area contributed by atoms with E-state index < -0.39 is 10.0 Å². The molecule has 3 aromatic rings. The van der Waals surface area contributed by atoms with E-state index in [-0.39, 0.29) is 22.9 Å². The molecule has 0 amide bonds. The summed E-state index contributed by atoms with van der Waals surface area (Å²) in [4.78, 5) is 22.3. The molecule has 2 heterocycles. The average Bonchev–Trinajstić information content (AvgIpc) is 2.80. The number of ether oxygens (including phenoxy) is 1. The first-order valence-electron chi connectivity index (χ1n) is 11.0. The van der Waals surface area contributed by atoms with Gasteiger partial charge < -0.3 is 14.8 Å². The molecule has 9 nitrogen and oxygen atoms in total. The molecule has 4 rings (SSSR count). The van der Waals surface area contributed by atoms with Gasteiger partial charge in [-0.3, -0.25) is 9.69 Å². The Balaban J connectivity index is 1.76. The summed E-state index contributed by atoms with van der Waals surface area (Å²) in [5, 5.41) is 9.62. The quantitative estimate of drug-likeness (QED) is 0.537. The lowest BCUT2D eigenvalue weighted by molar-refractivity contribution is 0.151. The molecule has 176 valence electrons. The first-order valence-corrected chi connectivity index (χ1v) is 12.4. The number of aliphatic hydroxyl groups is 1. The van der Waals surface area contributed by atoms with Gasteiger partial charge in [0.15, 0.2) is 0 Å². The summed E-state index contributed by atoms with van der Waals surface area (Å²) < 4.78 is 33.9. The summed E-state index contributed by atoms with van der Waals surface area (Å²) in [7, 11) is -3.75. The summed E-state index contributed by atoms with van der Waals surface area (Å²) in [6, 6.07) is 10.1. The van der Waals surface area contributed by atoms with Crippen LogP contribution in [0, 0.1) is 6.92 Å². The number of fused-ring (bicyclic) bond motifs is 1. The molecule has 1 aliphatic rings. The molecular formula is C23H28N4O5S. The highest BCUT2D eigenvalue weighted by Gasteiger charge is 2.29. The Kier molecular flexibility index (Phi) is 6.80. The third-order valence-corrected chi connectivity index (χ3v) is 7.73. The first-order chi connectivity index (χ1) is 15.8. The monoisotopic (exact) mass is 472 g/mol. The number of aryl methyl sites for hydroxylation is 1. The van der Waals surface area contributed by atoms with Crippen LogP contribution in [0.15, 0.2) is 46.1 Å². The molecule has 0 unspecified atom stereocenters. The van der Waals surface area contributed by atoms with Crippen LogP contribution in [0.1, 0.15) is 12.5 Å². The number of nitrogens with one attached hydrogen (secondary N) is 1. The number of sulfonamides is 1. The Bertz CT molecular complexity index is 1310. The fourth-order valence-electron chi connectivity index (χ4n) is 4.11. The van der Waals surface area contributed by atoms with Crippen molar-refractivity contribution in [3.63, 3.8) is 0 Å². The molecule has 2 aromatic carbocycles. The van der Waals surface area contributed by atoms with Gasteiger partial charge in [0.25, 0.3) is 5.56 Å². The molecule has 0 radical (unpaired) electrons. The van der Waals surface area contributed by atoms with Crippen LogP contribution < -0.4 is 10.3 Å². The Labute approximate surface area is 192 Å². The normalized spacial score (nSPS) is 15.7. The van der Waals surface area contributed by atoms with Crippen molar-refractivity contribution in [2.75, 3.05) is 45.9 Å². The number of benzene rings is 2. The fraction of sp³-hybridized carbons (Fsp3) is 0.391. The predicted molar refractivity (Wildman–Crippen MR) is 126 cm³/mol. The Morgan fingerprint density at radius 2 is 1.91 bits per heavy atom. The van der Waals surface area contributed by atoms with Gasteiger partial charge in [0.05, 0.1) is 34.6 Å². The van der Waals surface area contributed by atoms with Crippen molar-refractivity contribution in [1.29, 1.82) is 0 Å². The van der Waals surface area contributed by atoms with Crippen LogP contribution in [0.25, 0.3) is 22.3 Å². The molecule has 1 fully saturated rings. The number of β-amino-alcohol motifs (C(OH)–C–C–N with tert-alkyl or cyclic N) is 1. The summed E-state index contributed by atoms with van der Waals surface area (Å²) >= 11 is 0. The highest BCUT2D eigenvalue weighted by atomic mass is 32.2. The van der Waals surface area contributed by atoms with Gasteiger partial charge in [-0.25, -0.2) is 13.4 Å². The van der Waals surface area contributed by atoms with E-state index >= 15 is 0 Å². The molecule has 0 atom stereocenters. The molecule has 1 aromatic heterocycles. The predicted octanol–water partition coefficient (Wildman–Crippen LogP) is 1.60. The van der Waals surface area contributed by atoms with Gasteiger partial charge in [-0.15, -0.1) is 0 Å². The van der Waals surface area contributed by atoms with Crippen LogP contribution in [0.5, 0.6) is 5.75 Å².